The summed E-state index contributed by atoms with van der Waals surface area (Å²) in [5.41, 5.74) is 14.6. The second-order valence-electron chi connectivity index (χ2n) is 15.5. The number of para-hydroxylation sites is 1. The fourth-order valence-electron chi connectivity index (χ4n) is 9.72. The summed E-state index contributed by atoms with van der Waals surface area (Å²) in [6, 6.07) is 26.1. The topological polar surface area (TPSA) is 57.0 Å². The summed E-state index contributed by atoms with van der Waals surface area (Å²) in [6.45, 7) is 2.27. The molecule has 2 unspecified atom stereocenters. The van der Waals surface area contributed by atoms with E-state index in [1.807, 2.05) is 0 Å². The third kappa shape index (κ3) is 4.32. The van der Waals surface area contributed by atoms with Crippen molar-refractivity contribution in [2.75, 3.05) is 0 Å². The lowest BCUT2D eigenvalue weighted by Crippen LogP contribution is -2.27. The molecule has 0 aliphatic heterocycles. The van der Waals surface area contributed by atoms with Crippen LogP contribution in [-0.2, 0) is 19.3 Å². The van der Waals surface area contributed by atoms with E-state index in [1.165, 1.54) is 38.4 Å². The summed E-state index contributed by atoms with van der Waals surface area (Å²) in [5, 5.41) is 5.94. The van der Waals surface area contributed by atoms with Gasteiger partial charge < -0.3 is 8.83 Å². The van der Waals surface area contributed by atoms with Crippen molar-refractivity contribution in [2.24, 2.45) is 5.92 Å². The number of aryl methyl sites for hydroxylation is 1. The van der Waals surface area contributed by atoms with Crippen LogP contribution in [0.4, 0.5) is 0 Å². The van der Waals surface area contributed by atoms with E-state index < -0.39 is 0 Å². The lowest BCUT2D eigenvalue weighted by Gasteiger charge is -2.21. The highest BCUT2D eigenvalue weighted by atomic mass is 16.3. The van der Waals surface area contributed by atoms with Crippen molar-refractivity contribution in [1.82, 2.24) is 14.5 Å². The molecule has 2 atom stereocenters. The van der Waals surface area contributed by atoms with Gasteiger partial charge in [-0.3, -0.25) is 4.57 Å². The fraction of sp³-hybridized carbons (Fsp3) is 0.184. The van der Waals surface area contributed by atoms with Crippen LogP contribution >= 0.6 is 0 Å². The van der Waals surface area contributed by atoms with Crippen LogP contribution in [-0.4, -0.2) is 14.5 Å². The first-order valence-corrected chi connectivity index (χ1v) is 19.4. The Morgan fingerprint density at radius 2 is 1.63 bits per heavy atom. The molecule has 0 fully saturated rings. The van der Waals surface area contributed by atoms with Crippen molar-refractivity contribution >= 4 is 74.1 Å². The molecule has 0 bridgehead atoms. The van der Waals surface area contributed by atoms with E-state index in [-0.39, 0.29) is 5.92 Å². The molecule has 5 heteroatoms. The highest BCUT2D eigenvalue weighted by Crippen LogP contribution is 2.47. The zero-order chi connectivity index (χ0) is 35.5. The summed E-state index contributed by atoms with van der Waals surface area (Å²) < 4.78 is 15.7. The Balaban J connectivity index is 1.25. The van der Waals surface area contributed by atoms with Crippen molar-refractivity contribution in [2.45, 2.75) is 51.4 Å². The molecule has 0 radical (unpaired) electrons. The minimum absolute atomic E-state index is 0.108. The number of rotatable bonds is 3. The highest BCUT2D eigenvalue weighted by Gasteiger charge is 2.30. The van der Waals surface area contributed by atoms with E-state index in [4.69, 9.17) is 18.8 Å². The molecule has 5 nitrogen and oxygen atoms in total. The number of nitrogens with zero attached hydrogens (tertiary/aromatic N) is 3. The van der Waals surface area contributed by atoms with Gasteiger partial charge in [-0.15, -0.1) is 0 Å². The lowest BCUT2D eigenvalue weighted by molar-refractivity contribution is 0.514. The van der Waals surface area contributed by atoms with E-state index in [0.29, 0.717) is 11.9 Å². The molecule has 4 heterocycles. The molecule has 4 aromatic heterocycles. The van der Waals surface area contributed by atoms with Crippen LogP contribution in [0.1, 0.15) is 71.4 Å². The van der Waals surface area contributed by atoms with Crippen LogP contribution < -0.4 is 10.6 Å². The van der Waals surface area contributed by atoms with Gasteiger partial charge in [-0.25, -0.2) is 9.97 Å². The molecule has 0 amide bonds. The normalized spacial score (nSPS) is 18.5. The molecule has 4 aliphatic rings. The SMILES string of the molecule is CC1C=Cc2nc(-n3c4ccc5c(c4c4c6oc7ccccc7c6cc(C6C=c7c8c(oc7=CC6)C=CCC8)c43)CCC=C5)nc(-c3ccccc3)c2C1. The zero-order valence-corrected chi connectivity index (χ0v) is 30.1. The molecule has 4 aromatic carbocycles. The molecule has 54 heavy (non-hydrogen) atoms. The van der Waals surface area contributed by atoms with E-state index in [9.17, 15) is 0 Å². The summed E-state index contributed by atoms with van der Waals surface area (Å²) in [6.07, 6.45) is 24.0. The molecule has 0 spiro atoms. The van der Waals surface area contributed by atoms with E-state index in [1.54, 1.807) is 0 Å². The van der Waals surface area contributed by atoms with Crippen molar-refractivity contribution in [1.29, 1.82) is 0 Å². The van der Waals surface area contributed by atoms with Crippen LogP contribution in [0.2, 0.25) is 0 Å². The van der Waals surface area contributed by atoms with Crippen LogP contribution in [0.15, 0.2) is 99.9 Å². The standard InChI is InChI=1S/C49H37N3O2/c1-28-19-22-39-38(25-28)46(30-12-3-2-4-13-30)51-49(50-39)52-40-23-20-29-11-5-6-14-32(29)44(40)45-47(52)35(27-37-34-16-8-10-18-42(34)54-48(37)45)31-21-24-43-36(26-31)33-15-7-9-17-41(33)53-43/h2-5,8-13,16-20,22-24,26-28,31H,6-7,14-15,21,25H2,1H3. The molecule has 0 saturated heterocycles. The Kier molecular flexibility index (Phi) is 6.39. The molecule has 0 N–H and O–H groups in total. The second-order valence-corrected chi connectivity index (χ2v) is 15.5. The van der Waals surface area contributed by atoms with Gasteiger partial charge in [0.2, 0.25) is 5.95 Å². The van der Waals surface area contributed by atoms with Crippen LogP contribution in [0.5, 0.6) is 0 Å². The minimum atomic E-state index is 0.108. The Labute approximate surface area is 312 Å². The van der Waals surface area contributed by atoms with Gasteiger partial charge in [0.05, 0.1) is 27.8 Å². The lowest BCUT2D eigenvalue weighted by atomic mass is 9.87. The predicted molar refractivity (Wildman–Crippen MR) is 220 cm³/mol. The largest absolute Gasteiger partial charge is 0.457 e. The maximum absolute atomic E-state index is 6.95. The summed E-state index contributed by atoms with van der Waals surface area (Å²) in [4.78, 5) is 11.0. The van der Waals surface area contributed by atoms with Gasteiger partial charge in [0, 0.05) is 44.0 Å². The number of furan rings is 2. The average Bonchev–Trinajstić information content (AvgIpc) is 3.90. The average molecular weight is 700 g/mol. The highest BCUT2D eigenvalue weighted by molar-refractivity contribution is 6.26. The summed E-state index contributed by atoms with van der Waals surface area (Å²) in [5.74, 6) is 2.23. The van der Waals surface area contributed by atoms with E-state index >= 15 is 0 Å². The second kappa shape index (κ2) is 11.4. The van der Waals surface area contributed by atoms with Gasteiger partial charge in [0.1, 0.15) is 22.3 Å². The number of benzene rings is 4. The molecule has 8 aromatic rings. The number of hydrogen-bond donors (Lipinski definition) is 0. The number of allylic oxidation sites excluding steroid dienone is 3. The quantitative estimate of drug-likeness (QED) is 0.184. The Morgan fingerprint density at radius 1 is 0.778 bits per heavy atom. The van der Waals surface area contributed by atoms with Crippen LogP contribution in [0.3, 0.4) is 0 Å². The smallest absolute Gasteiger partial charge is 0.235 e. The van der Waals surface area contributed by atoms with Crippen molar-refractivity contribution < 1.29 is 8.83 Å². The van der Waals surface area contributed by atoms with Crippen molar-refractivity contribution in [3.63, 3.8) is 0 Å². The first kappa shape index (κ1) is 30.3. The molecule has 12 rings (SSSR count). The van der Waals surface area contributed by atoms with Crippen molar-refractivity contribution in [3.8, 4) is 17.2 Å². The summed E-state index contributed by atoms with van der Waals surface area (Å²) in [7, 11) is 0. The molecular weight excluding hydrogens is 663 g/mol. The molecule has 4 aliphatic carbocycles. The Hall–Kier alpha value is -6.20. The van der Waals surface area contributed by atoms with E-state index in [0.717, 1.165) is 105 Å². The fourth-order valence-corrected chi connectivity index (χ4v) is 9.72. The predicted octanol–water partition coefficient (Wildman–Crippen LogP) is 10.6. The minimum Gasteiger partial charge on any atom is -0.457 e. The third-order valence-corrected chi connectivity index (χ3v) is 12.2. The zero-order valence-electron chi connectivity index (χ0n) is 30.1. The maximum Gasteiger partial charge on any atom is 0.235 e. The first-order chi connectivity index (χ1) is 26.7. The van der Waals surface area contributed by atoms with Crippen molar-refractivity contribution in [3.05, 3.63) is 141 Å². The third-order valence-electron chi connectivity index (χ3n) is 12.2. The molecule has 0 saturated carbocycles. The first-order valence-electron chi connectivity index (χ1n) is 19.4. The maximum atomic E-state index is 6.95. The van der Waals surface area contributed by atoms with Crippen LogP contribution in [0, 0.1) is 5.92 Å². The van der Waals surface area contributed by atoms with Gasteiger partial charge >= 0.3 is 0 Å². The van der Waals surface area contributed by atoms with Gasteiger partial charge in [-0.1, -0.05) is 91.9 Å². The monoisotopic (exact) mass is 699 g/mol. The number of fused-ring (bicyclic) bond motifs is 13. The summed E-state index contributed by atoms with van der Waals surface area (Å²) >= 11 is 0. The van der Waals surface area contributed by atoms with Crippen LogP contribution in [0.25, 0.3) is 91.3 Å². The molecule has 260 valence electrons. The molecular formula is C49H37N3O2. The Morgan fingerprint density at radius 3 is 2.56 bits per heavy atom. The number of hydrogen-bond acceptors (Lipinski definition) is 4. The Bertz CT molecular complexity index is 3130. The number of aromatic nitrogens is 3. The van der Waals surface area contributed by atoms with Gasteiger partial charge in [-0.05, 0) is 97.6 Å². The van der Waals surface area contributed by atoms with Gasteiger partial charge in [-0.2, -0.15) is 0 Å². The van der Waals surface area contributed by atoms with E-state index in [2.05, 4.69) is 133 Å². The van der Waals surface area contributed by atoms with Gasteiger partial charge in [0.25, 0.3) is 0 Å². The van der Waals surface area contributed by atoms with Gasteiger partial charge in [0.15, 0.2) is 0 Å².